The van der Waals surface area contributed by atoms with Crippen LogP contribution in [0.2, 0.25) is 0 Å². The van der Waals surface area contributed by atoms with Crippen molar-refractivity contribution in [1.82, 2.24) is 0 Å². The van der Waals surface area contributed by atoms with Gasteiger partial charge < -0.3 is 4.55 Å². The van der Waals surface area contributed by atoms with Crippen molar-refractivity contribution in [2.24, 2.45) is 0 Å². The Hall–Kier alpha value is 1.89. The molecule has 0 bridgehead atoms. The Morgan fingerprint density at radius 1 is 1.50 bits per heavy atom. The second-order valence-corrected chi connectivity index (χ2v) is 1.18. The van der Waals surface area contributed by atoms with E-state index in [1.54, 1.807) is 0 Å². The van der Waals surface area contributed by atoms with Gasteiger partial charge in [0, 0.05) is 0 Å². The molecule has 0 aromatic heterocycles. The van der Waals surface area contributed by atoms with Crippen LogP contribution in [-0.2, 0) is 10.5 Å². The van der Waals surface area contributed by atoms with Crippen LogP contribution in [0.15, 0.2) is 0 Å². The Balaban J connectivity index is 0. The zero-order valence-corrected chi connectivity index (χ0v) is 10.1. The van der Waals surface area contributed by atoms with Crippen LogP contribution in [0.1, 0.15) is 0 Å². The fourth-order valence-electron chi connectivity index (χ4n) is 0. The van der Waals surface area contributed by atoms with Gasteiger partial charge in [0.15, 0.2) is 0 Å². The molecule has 0 amide bonds. The Labute approximate surface area is 93.8 Å². The van der Waals surface area contributed by atoms with Crippen molar-refractivity contribution in [3.63, 3.8) is 0 Å². The van der Waals surface area contributed by atoms with Crippen LogP contribution in [0.3, 0.4) is 0 Å². The molecule has 0 rings (SSSR count). The Morgan fingerprint density at radius 3 is 1.50 bits per heavy atom. The van der Waals surface area contributed by atoms with Crippen molar-refractivity contribution in [3.05, 3.63) is 0 Å². The Bertz CT molecular complexity index is 94.0. The van der Waals surface area contributed by atoms with Gasteiger partial charge in [-0.05, 0) is 0 Å². The van der Waals surface area contributed by atoms with Crippen LogP contribution in [0.4, 0.5) is 3.89 Å². The molecule has 0 saturated carbocycles. The summed E-state index contributed by atoms with van der Waals surface area (Å²) in [5.41, 5.74) is 0. The monoisotopic (exact) mass is 232 g/mol. The molecule has 0 fully saturated rings. The van der Waals surface area contributed by atoms with Gasteiger partial charge in [0.1, 0.15) is 0 Å². The van der Waals surface area contributed by atoms with Gasteiger partial charge in [-0.3, -0.25) is 0 Å². The molecule has 0 saturated heterocycles. The molecule has 0 N–H and O–H groups in total. The fourth-order valence-corrected chi connectivity index (χ4v) is 0. The summed E-state index contributed by atoms with van der Waals surface area (Å²) in [5.74, 6) is 0. The maximum absolute atomic E-state index is 10.1. The summed E-state index contributed by atoms with van der Waals surface area (Å²) in [6.07, 6.45) is 0. The SMILES string of the molecule is O=S(=O)([O-])F.[Cs+]. The van der Waals surface area contributed by atoms with E-state index in [9.17, 15) is 3.89 Å². The van der Waals surface area contributed by atoms with Gasteiger partial charge >= 0.3 is 68.9 Å². The third-order valence-electron chi connectivity index (χ3n) is 0. The Kier molecular flexibility index (Phi) is 6.91. The molecule has 0 unspecified atom stereocenters. The number of hydrogen-bond acceptors (Lipinski definition) is 3. The van der Waals surface area contributed by atoms with E-state index in [0.29, 0.717) is 0 Å². The van der Waals surface area contributed by atoms with Crippen molar-refractivity contribution in [3.8, 4) is 0 Å². The molecule has 0 aromatic rings. The molecule has 0 heterocycles. The second-order valence-electron chi connectivity index (χ2n) is 0.393. The first-order valence-electron chi connectivity index (χ1n) is 0.654. The molecule has 3 nitrogen and oxygen atoms in total. The summed E-state index contributed by atoms with van der Waals surface area (Å²) in [5, 5.41) is 0. The Morgan fingerprint density at radius 2 is 1.50 bits per heavy atom. The molecule has 32 valence electrons. The summed E-state index contributed by atoms with van der Waals surface area (Å²) in [6, 6.07) is 0. The zero-order chi connectivity index (χ0) is 4.50. The van der Waals surface area contributed by atoms with E-state index < -0.39 is 10.5 Å². The summed E-state index contributed by atoms with van der Waals surface area (Å²) in [4.78, 5) is 0. The molecule has 0 atom stereocenters. The molecular formula is CsFO3S. The van der Waals surface area contributed by atoms with Crippen molar-refractivity contribution >= 4 is 10.5 Å². The van der Waals surface area contributed by atoms with Gasteiger partial charge in [0.05, 0.1) is 0 Å². The molecule has 0 aromatic carbocycles. The van der Waals surface area contributed by atoms with E-state index in [0.717, 1.165) is 0 Å². The minimum Gasteiger partial charge on any atom is -0.722 e. The van der Waals surface area contributed by atoms with E-state index in [1.807, 2.05) is 0 Å². The molecule has 6 heavy (non-hydrogen) atoms. The van der Waals surface area contributed by atoms with E-state index in [4.69, 9.17) is 13.0 Å². The molecule has 0 aliphatic heterocycles. The number of hydrogen-bond donors (Lipinski definition) is 0. The first kappa shape index (κ1) is 10.8. The molecule has 0 spiro atoms. The maximum atomic E-state index is 10.1. The van der Waals surface area contributed by atoms with Crippen LogP contribution < -0.4 is 68.9 Å². The maximum Gasteiger partial charge on any atom is 1.00 e. The minimum atomic E-state index is -5.42. The van der Waals surface area contributed by atoms with Gasteiger partial charge in [-0.2, -0.15) is 0 Å². The molecular weight excluding hydrogens is 232 g/mol. The van der Waals surface area contributed by atoms with Crippen LogP contribution in [0.25, 0.3) is 0 Å². The van der Waals surface area contributed by atoms with Gasteiger partial charge in [0.25, 0.3) is 10.5 Å². The standard InChI is InChI=1S/Cs.FHO3S/c;1-5(2,3)4/h;(H,2,3,4)/q+1;/p-1. The summed E-state index contributed by atoms with van der Waals surface area (Å²) >= 11 is 0. The predicted molar refractivity (Wildman–Crippen MR) is 10.8 cm³/mol. The van der Waals surface area contributed by atoms with Crippen molar-refractivity contribution in [1.29, 1.82) is 0 Å². The largest absolute Gasteiger partial charge is 1.00 e. The molecule has 0 radical (unpaired) electrons. The number of rotatable bonds is 0. The topological polar surface area (TPSA) is 57.2 Å². The van der Waals surface area contributed by atoms with Crippen LogP contribution in [-0.4, -0.2) is 13.0 Å². The smallest absolute Gasteiger partial charge is 0.722 e. The van der Waals surface area contributed by atoms with Crippen molar-refractivity contribution in [2.45, 2.75) is 0 Å². The summed E-state index contributed by atoms with van der Waals surface area (Å²) < 4.78 is 35.3. The molecule has 6 heteroatoms. The first-order chi connectivity index (χ1) is 2.00. The van der Waals surface area contributed by atoms with E-state index in [-0.39, 0.29) is 68.9 Å². The third kappa shape index (κ3) is 39.4. The summed E-state index contributed by atoms with van der Waals surface area (Å²) in [7, 11) is -5.42. The minimum absolute atomic E-state index is 0. The van der Waals surface area contributed by atoms with Gasteiger partial charge in [-0.25, -0.2) is 8.42 Å². The normalized spacial score (nSPS) is 9.67. The fraction of sp³-hybridized carbons (Fsp3) is 0. The zero-order valence-electron chi connectivity index (χ0n) is 3.01. The average molecular weight is 232 g/mol. The van der Waals surface area contributed by atoms with E-state index in [2.05, 4.69) is 0 Å². The van der Waals surface area contributed by atoms with Gasteiger partial charge in [-0.1, -0.05) is 0 Å². The van der Waals surface area contributed by atoms with Crippen LogP contribution in [0.5, 0.6) is 0 Å². The van der Waals surface area contributed by atoms with Gasteiger partial charge in [-0.15, -0.1) is 3.89 Å². The summed E-state index contributed by atoms with van der Waals surface area (Å²) in [6.45, 7) is 0. The second kappa shape index (κ2) is 3.84. The van der Waals surface area contributed by atoms with Crippen molar-refractivity contribution in [2.75, 3.05) is 0 Å². The van der Waals surface area contributed by atoms with Crippen molar-refractivity contribution < 1.29 is 85.8 Å². The molecule has 0 aliphatic rings. The number of halogens is 1. The predicted octanol–water partition coefficient (Wildman–Crippen LogP) is -3.58. The van der Waals surface area contributed by atoms with Gasteiger partial charge in [0.2, 0.25) is 0 Å². The molecule has 0 aliphatic carbocycles. The third-order valence-corrected chi connectivity index (χ3v) is 0. The van der Waals surface area contributed by atoms with E-state index >= 15 is 0 Å². The van der Waals surface area contributed by atoms with Crippen LogP contribution >= 0.6 is 0 Å². The quantitative estimate of drug-likeness (QED) is 0.320. The first-order valence-corrected chi connectivity index (χ1v) is 1.96. The average Bonchev–Trinajstić information content (AvgIpc) is 0.722. The van der Waals surface area contributed by atoms with E-state index in [1.165, 1.54) is 0 Å². The van der Waals surface area contributed by atoms with Crippen LogP contribution in [0, 0.1) is 0 Å².